The highest BCUT2D eigenvalue weighted by Gasteiger charge is 2.26. The Balaban J connectivity index is 1.85. The van der Waals surface area contributed by atoms with Crippen LogP contribution in [0.1, 0.15) is 10.8 Å². The maximum absolute atomic E-state index is 5.55. The molecule has 0 saturated heterocycles. The van der Waals surface area contributed by atoms with Crippen LogP contribution in [0.4, 0.5) is 5.69 Å². The fourth-order valence-electron chi connectivity index (χ4n) is 2.55. The number of anilines is 1. The molecule has 0 saturated carbocycles. The number of rotatable bonds is 1. The molecule has 1 N–H and O–H groups in total. The number of hydrogen-bond acceptors (Lipinski definition) is 3. The van der Waals surface area contributed by atoms with E-state index < -0.39 is 0 Å². The monoisotopic (exact) mass is 308 g/mol. The van der Waals surface area contributed by atoms with E-state index in [1.807, 2.05) is 24.4 Å². The largest absolute Gasteiger partial charge is 0.347 e. The van der Waals surface area contributed by atoms with E-state index in [0.717, 1.165) is 16.2 Å². The average Bonchev–Trinajstić information content (AvgIpc) is 2.55. The van der Waals surface area contributed by atoms with Crippen molar-refractivity contribution in [1.29, 1.82) is 0 Å². The molecule has 1 aliphatic heterocycles. The average molecular weight is 308 g/mol. The number of hydrogen-bond donors (Lipinski definition) is 1. The molecule has 2 heterocycles. The van der Waals surface area contributed by atoms with Gasteiger partial charge in [0.2, 0.25) is 0 Å². The lowest BCUT2D eigenvalue weighted by atomic mass is 10.1. The zero-order chi connectivity index (χ0) is 14.2. The lowest BCUT2D eigenvalue weighted by Crippen LogP contribution is -2.21. The van der Waals surface area contributed by atoms with Gasteiger partial charge in [-0.3, -0.25) is 4.98 Å². The maximum atomic E-state index is 5.55. The van der Waals surface area contributed by atoms with Crippen molar-refractivity contribution in [3.05, 3.63) is 66.4 Å². The molecule has 0 amide bonds. The van der Waals surface area contributed by atoms with E-state index in [4.69, 9.17) is 12.2 Å². The smallest absolute Gasteiger partial charge is 0.0978 e. The molecular weight excluding hydrogens is 296 g/mol. The van der Waals surface area contributed by atoms with Gasteiger partial charge in [-0.2, -0.15) is 0 Å². The summed E-state index contributed by atoms with van der Waals surface area (Å²) in [6.45, 7) is 0. The summed E-state index contributed by atoms with van der Waals surface area (Å²) in [7, 11) is 0. The van der Waals surface area contributed by atoms with Gasteiger partial charge in [-0.25, -0.2) is 0 Å². The Morgan fingerprint density at radius 3 is 2.62 bits per heavy atom. The van der Waals surface area contributed by atoms with Crippen LogP contribution in [-0.4, -0.2) is 9.97 Å². The predicted molar refractivity (Wildman–Crippen MR) is 93.0 cm³/mol. The molecule has 0 spiro atoms. The zero-order valence-corrected chi connectivity index (χ0v) is 12.7. The van der Waals surface area contributed by atoms with Crippen LogP contribution in [0, 0.1) is 0 Å². The standard InChI is InChI=1S/C17H12N2S2/c20-17-15(11-6-2-1-3-7-11)21-16-12-8-4-5-9-13(12)18-10-14(16)19-17/h1-10,15H,(H,19,20)/t15-/m1/s1. The first-order valence-electron chi connectivity index (χ1n) is 6.73. The van der Waals surface area contributed by atoms with E-state index >= 15 is 0 Å². The fourth-order valence-corrected chi connectivity index (χ4v) is 4.16. The third-order valence-corrected chi connectivity index (χ3v) is 5.47. The SMILES string of the molecule is S=C1Nc2cnc3ccccc3c2S[C@@H]1c1ccccc1. The molecule has 102 valence electrons. The summed E-state index contributed by atoms with van der Waals surface area (Å²) in [5.74, 6) is 0. The molecule has 4 heteroatoms. The number of fused-ring (bicyclic) bond motifs is 3. The van der Waals surface area contributed by atoms with Gasteiger partial charge in [0.05, 0.1) is 27.6 Å². The lowest BCUT2D eigenvalue weighted by molar-refractivity contribution is 1.25. The summed E-state index contributed by atoms with van der Waals surface area (Å²) >= 11 is 7.35. The second kappa shape index (κ2) is 5.13. The van der Waals surface area contributed by atoms with Crippen molar-refractivity contribution in [2.75, 3.05) is 5.32 Å². The van der Waals surface area contributed by atoms with Gasteiger partial charge in [0.25, 0.3) is 0 Å². The van der Waals surface area contributed by atoms with Crippen LogP contribution in [0.3, 0.4) is 0 Å². The Labute approximate surface area is 132 Å². The van der Waals surface area contributed by atoms with Gasteiger partial charge in [-0.1, -0.05) is 60.7 Å². The summed E-state index contributed by atoms with van der Waals surface area (Å²) in [6.07, 6.45) is 1.87. The van der Waals surface area contributed by atoms with Crippen LogP contribution in [-0.2, 0) is 0 Å². The van der Waals surface area contributed by atoms with E-state index in [2.05, 4.69) is 46.7 Å². The molecule has 3 aromatic rings. The highest BCUT2D eigenvalue weighted by molar-refractivity contribution is 8.02. The molecule has 0 unspecified atom stereocenters. The second-order valence-corrected chi connectivity index (χ2v) is 6.47. The Kier molecular flexibility index (Phi) is 3.13. The normalized spacial score (nSPS) is 17.3. The van der Waals surface area contributed by atoms with Crippen molar-refractivity contribution in [3.8, 4) is 0 Å². The molecular formula is C17H12N2S2. The molecule has 0 radical (unpaired) electrons. The van der Waals surface area contributed by atoms with Crippen molar-refractivity contribution in [2.45, 2.75) is 10.1 Å². The minimum Gasteiger partial charge on any atom is -0.347 e. The van der Waals surface area contributed by atoms with Gasteiger partial charge in [-0.15, -0.1) is 11.8 Å². The Morgan fingerprint density at radius 2 is 1.76 bits per heavy atom. The summed E-state index contributed by atoms with van der Waals surface area (Å²) < 4.78 is 0. The first kappa shape index (κ1) is 12.8. The molecule has 0 fully saturated rings. The van der Waals surface area contributed by atoms with Crippen molar-refractivity contribution in [3.63, 3.8) is 0 Å². The Bertz CT molecular complexity index is 831. The van der Waals surface area contributed by atoms with Crippen molar-refractivity contribution in [1.82, 2.24) is 4.98 Å². The van der Waals surface area contributed by atoms with Crippen LogP contribution in [0.2, 0.25) is 0 Å². The van der Waals surface area contributed by atoms with Crippen LogP contribution >= 0.6 is 24.0 Å². The predicted octanol–water partition coefficient (Wildman–Crippen LogP) is 4.82. The molecule has 2 aromatic carbocycles. The van der Waals surface area contributed by atoms with Crippen LogP contribution in [0.25, 0.3) is 10.9 Å². The van der Waals surface area contributed by atoms with Gasteiger partial charge < -0.3 is 5.32 Å². The van der Waals surface area contributed by atoms with Gasteiger partial charge in [-0.05, 0) is 11.6 Å². The minimum absolute atomic E-state index is 0.152. The molecule has 4 rings (SSSR count). The molecule has 21 heavy (non-hydrogen) atoms. The summed E-state index contributed by atoms with van der Waals surface area (Å²) in [4.78, 5) is 6.56. The quantitative estimate of drug-likeness (QED) is 0.651. The molecule has 1 aliphatic rings. The first-order chi connectivity index (χ1) is 10.3. The maximum Gasteiger partial charge on any atom is 0.0978 e. The summed E-state index contributed by atoms with van der Waals surface area (Å²) in [5, 5.41) is 4.68. The Morgan fingerprint density at radius 1 is 1.00 bits per heavy atom. The van der Waals surface area contributed by atoms with Crippen LogP contribution < -0.4 is 5.32 Å². The van der Waals surface area contributed by atoms with Gasteiger partial charge >= 0.3 is 0 Å². The molecule has 2 nitrogen and oxygen atoms in total. The van der Waals surface area contributed by atoms with E-state index in [9.17, 15) is 0 Å². The second-order valence-electron chi connectivity index (χ2n) is 4.92. The van der Waals surface area contributed by atoms with E-state index in [0.29, 0.717) is 0 Å². The van der Waals surface area contributed by atoms with Crippen molar-refractivity contribution >= 4 is 45.6 Å². The van der Waals surface area contributed by atoms with Gasteiger partial charge in [0.1, 0.15) is 0 Å². The molecule has 1 aromatic heterocycles. The van der Waals surface area contributed by atoms with Gasteiger partial charge in [0, 0.05) is 10.3 Å². The van der Waals surface area contributed by atoms with E-state index in [-0.39, 0.29) is 5.25 Å². The number of nitrogens with one attached hydrogen (secondary N) is 1. The van der Waals surface area contributed by atoms with Crippen LogP contribution in [0.5, 0.6) is 0 Å². The number of thioether (sulfide) groups is 1. The number of nitrogens with zero attached hydrogens (tertiary/aromatic N) is 1. The first-order valence-corrected chi connectivity index (χ1v) is 8.02. The molecule has 0 bridgehead atoms. The summed E-state index contributed by atoms with van der Waals surface area (Å²) in [6, 6.07) is 18.6. The third-order valence-electron chi connectivity index (χ3n) is 3.56. The van der Waals surface area contributed by atoms with E-state index in [1.54, 1.807) is 11.8 Å². The highest BCUT2D eigenvalue weighted by atomic mass is 32.2. The van der Waals surface area contributed by atoms with E-state index in [1.165, 1.54) is 15.8 Å². The van der Waals surface area contributed by atoms with Crippen molar-refractivity contribution < 1.29 is 0 Å². The number of para-hydroxylation sites is 1. The lowest BCUT2D eigenvalue weighted by Gasteiger charge is -2.27. The van der Waals surface area contributed by atoms with Crippen LogP contribution in [0.15, 0.2) is 65.7 Å². The fraction of sp³-hybridized carbons (Fsp3) is 0.0588. The van der Waals surface area contributed by atoms with Gasteiger partial charge in [0.15, 0.2) is 0 Å². The molecule has 0 aliphatic carbocycles. The summed E-state index contributed by atoms with van der Waals surface area (Å²) in [5.41, 5.74) is 3.26. The number of benzene rings is 2. The minimum atomic E-state index is 0.152. The topological polar surface area (TPSA) is 24.9 Å². The van der Waals surface area contributed by atoms with Crippen molar-refractivity contribution in [2.24, 2.45) is 0 Å². The zero-order valence-electron chi connectivity index (χ0n) is 11.1. The number of pyridine rings is 1. The highest BCUT2D eigenvalue weighted by Crippen LogP contribution is 2.46. The third kappa shape index (κ3) is 2.20. The number of aromatic nitrogens is 1. The molecule has 1 atom stereocenters. The number of thiocarbonyl (C=S) groups is 1. The Hall–Kier alpha value is -1.91.